The molecule has 0 aromatic heterocycles. The molecule has 5 rings (SSSR count). The van der Waals surface area contributed by atoms with Crippen LogP contribution in [-0.2, 0) is 19.2 Å². The van der Waals surface area contributed by atoms with Crippen molar-refractivity contribution < 1.29 is 23.9 Å². The lowest BCUT2D eigenvalue weighted by Crippen LogP contribution is -2.34. The molecule has 0 spiro atoms. The summed E-state index contributed by atoms with van der Waals surface area (Å²) < 4.78 is 5.63. The Bertz CT molecular complexity index is 1260. The molecule has 5 atom stereocenters. The Labute approximate surface area is 232 Å². The number of amides is 3. The summed E-state index contributed by atoms with van der Waals surface area (Å²) in [5, 5.41) is 0. The van der Waals surface area contributed by atoms with E-state index in [-0.39, 0.29) is 52.2 Å². The minimum atomic E-state index is -0.576. The molecule has 9 heteroatoms. The van der Waals surface area contributed by atoms with Gasteiger partial charge < -0.3 is 9.64 Å². The summed E-state index contributed by atoms with van der Waals surface area (Å²) in [5.74, 6) is -1.86. The van der Waals surface area contributed by atoms with Gasteiger partial charge in [0.05, 0.1) is 23.4 Å². The molecule has 37 heavy (non-hydrogen) atoms. The first-order valence-corrected chi connectivity index (χ1v) is 14.2. The van der Waals surface area contributed by atoms with Gasteiger partial charge in [-0.3, -0.25) is 19.2 Å². The van der Waals surface area contributed by atoms with Gasteiger partial charge in [-0.2, -0.15) is 0 Å². The van der Waals surface area contributed by atoms with Crippen molar-refractivity contribution in [3.05, 3.63) is 53.1 Å². The van der Waals surface area contributed by atoms with Crippen molar-refractivity contribution in [2.45, 2.75) is 49.7 Å². The van der Waals surface area contributed by atoms with E-state index in [0.29, 0.717) is 29.8 Å². The van der Waals surface area contributed by atoms with Crippen molar-refractivity contribution in [3.63, 3.8) is 0 Å². The van der Waals surface area contributed by atoms with Crippen molar-refractivity contribution in [1.29, 1.82) is 0 Å². The highest BCUT2D eigenvalue weighted by Gasteiger charge is 2.52. The van der Waals surface area contributed by atoms with Crippen LogP contribution in [0.1, 0.15) is 36.0 Å². The van der Waals surface area contributed by atoms with Crippen molar-refractivity contribution in [1.82, 2.24) is 0 Å². The van der Waals surface area contributed by atoms with E-state index >= 15 is 0 Å². The fraction of sp³-hybridized carbons (Fsp3) is 0.429. The predicted molar refractivity (Wildman–Crippen MR) is 147 cm³/mol. The Hall–Kier alpha value is -2.52. The monoisotopic (exact) mass is 630 g/mol. The number of rotatable bonds is 4. The van der Waals surface area contributed by atoms with Crippen LogP contribution in [0, 0.1) is 38.5 Å². The number of benzene rings is 2. The van der Waals surface area contributed by atoms with Gasteiger partial charge in [0.25, 0.3) is 0 Å². The molecule has 1 saturated carbocycles. The topological polar surface area (TPSA) is 84.0 Å². The van der Waals surface area contributed by atoms with Crippen LogP contribution >= 0.6 is 31.9 Å². The van der Waals surface area contributed by atoms with Gasteiger partial charge in [0, 0.05) is 28.3 Å². The van der Waals surface area contributed by atoms with Crippen LogP contribution in [0.25, 0.3) is 0 Å². The van der Waals surface area contributed by atoms with Gasteiger partial charge >= 0.3 is 5.97 Å². The van der Waals surface area contributed by atoms with Crippen molar-refractivity contribution in [2.75, 3.05) is 16.3 Å². The maximum absolute atomic E-state index is 13.2. The molecular weight excluding hydrogens is 604 g/mol. The van der Waals surface area contributed by atoms with E-state index in [9.17, 15) is 19.2 Å². The molecule has 0 radical (unpaired) electrons. The lowest BCUT2D eigenvalue weighted by atomic mass is 9.81. The molecule has 0 bridgehead atoms. The molecular formula is C28H28Br2N2O5. The molecule has 194 valence electrons. The number of esters is 1. The van der Waals surface area contributed by atoms with E-state index < -0.39 is 11.9 Å². The molecule has 0 unspecified atom stereocenters. The molecule has 1 aliphatic carbocycles. The van der Waals surface area contributed by atoms with Crippen LogP contribution in [0.2, 0.25) is 0 Å². The third-order valence-corrected chi connectivity index (χ3v) is 10.2. The summed E-state index contributed by atoms with van der Waals surface area (Å²) in [6, 6.07) is 10.8. The standard InChI is InChI=1S/C28H28Br2N2O5/c1-14-6-15(2)8-18(7-14)31-13-17(10-25(31)33)28(36)37-19-4-5-24(16(3)9-19)32-26(34)20-11-22(29)23(30)12-21(20)27(32)35/h4-9,17,20-23H,10-13H2,1-3H3/t17-,20-,21+,22+,23-/m1/s1. The van der Waals surface area contributed by atoms with Gasteiger partial charge in [0.15, 0.2) is 0 Å². The van der Waals surface area contributed by atoms with Gasteiger partial charge in [-0.25, -0.2) is 4.90 Å². The first-order valence-electron chi connectivity index (χ1n) is 12.4. The summed E-state index contributed by atoms with van der Waals surface area (Å²) >= 11 is 7.23. The number of nitrogens with zero attached hydrogens (tertiary/aromatic N) is 2. The van der Waals surface area contributed by atoms with Gasteiger partial charge in [0.2, 0.25) is 17.7 Å². The number of hydrogen-bond acceptors (Lipinski definition) is 5. The highest BCUT2D eigenvalue weighted by atomic mass is 79.9. The first-order chi connectivity index (χ1) is 17.5. The molecule has 2 heterocycles. The molecule has 2 aromatic rings. The van der Waals surface area contributed by atoms with Gasteiger partial charge in [0.1, 0.15) is 5.75 Å². The lowest BCUT2D eigenvalue weighted by Gasteiger charge is -2.29. The quantitative estimate of drug-likeness (QED) is 0.205. The molecule has 2 saturated heterocycles. The zero-order valence-electron chi connectivity index (χ0n) is 20.9. The van der Waals surface area contributed by atoms with Crippen molar-refractivity contribution >= 4 is 66.9 Å². The molecule has 2 aromatic carbocycles. The Morgan fingerprint density at radius 1 is 0.892 bits per heavy atom. The van der Waals surface area contributed by atoms with Crippen LogP contribution < -0.4 is 14.5 Å². The van der Waals surface area contributed by atoms with E-state index in [4.69, 9.17) is 4.74 Å². The number of carbonyl (C=O) groups excluding carboxylic acids is 4. The Kier molecular flexibility index (Phi) is 7.04. The van der Waals surface area contributed by atoms with Crippen LogP contribution in [-0.4, -0.2) is 39.9 Å². The number of alkyl halides is 2. The average Bonchev–Trinajstić information content (AvgIpc) is 3.32. The zero-order chi connectivity index (χ0) is 26.6. The number of fused-ring (bicyclic) bond motifs is 1. The number of aryl methyl sites for hydroxylation is 3. The maximum Gasteiger partial charge on any atom is 0.316 e. The van der Waals surface area contributed by atoms with Gasteiger partial charge in [-0.15, -0.1) is 0 Å². The Morgan fingerprint density at radius 2 is 1.49 bits per heavy atom. The lowest BCUT2D eigenvalue weighted by molar-refractivity contribution is -0.139. The Balaban J connectivity index is 1.28. The fourth-order valence-electron chi connectivity index (χ4n) is 5.70. The minimum absolute atomic E-state index is 0.0889. The maximum atomic E-state index is 13.2. The largest absolute Gasteiger partial charge is 0.426 e. The van der Waals surface area contributed by atoms with Crippen LogP contribution in [0.5, 0.6) is 5.75 Å². The van der Waals surface area contributed by atoms with Gasteiger partial charge in [-0.05, 0) is 80.6 Å². The molecule has 7 nitrogen and oxygen atoms in total. The van der Waals surface area contributed by atoms with Gasteiger partial charge in [-0.1, -0.05) is 37.9 Å². The van der Waals surface area contributed by atoms with Crippen molar-refractivity contribution in [3.8, 4) is 5.75 Å². The molecule has 3 aliphatic rings. The molecule has 3 amide bonds. The number of carbonyl (C=O) groups is 4. The highest BCUT2D eigenvalue weighted by molar-refractivity contribution is 9.12. The smallest absolute Gasteiger partial charge is 0.316 e. The summed E-state index contributed by atoms with van der Waals surface area (Å²) in [5.41, 5.74) is 4.07. The summed E-state index contributed by atoms with van der Waals surface area (Å²) in [4.78, 5) is 55.1. The minimum Gasteiger partial charge on any atom is -0.426 e. The van der Waals surface area contributed by atoms with E-state index in [2.05, 4.69) is 31.9 Å². The third kappa shape index (κ3) is 4.88. The summed E-state index contributed by atoms with van der Waals surface area (Å²) in [6.07, 6.45) is 1.30. The van der Waals surface area contributed by atoms with Crippen molar-refractivity contribution in [2.24, 2.45) is 17.8 Å². The molecule has 0 N–H and O–H groups in total. The van der Waals surface area contributed by atoms with Crippen LogP contribution in [0.4, 0.5) is 11.4 Å². The van der Waals surface area contributed by atoms with Crippen LogP contribution in [0.15, 0.2) is 36.4 Å². The average molecular weight is 632 g/mol. The van der Waals surface area contributed by atoms with Crippen LogP contribution in [0.3, 0.4) is 0 Å². The molecule has 3 fully saturated rings. The Morgan fingerprint density at radius 3 is 2.05 bits per heavy atom. The fourth-order valence-corrected chi connectivity index (χ4v) is 6.93. The second-order valence-electron chi connectivity index (χ2n) is 10.3. The number of hydrogen-bond donors (Lipinski definition) is 0. The second kappa shape index (κ2) is 9.98. The number of ether oxygens (including phenoxy) is 1. The normalized spacial score (nSPS) is 27.6. The number of halogens is 2. The predicted octanol–water partition coefficient (Wildman–Crippen LogP) is 5.00. The van der Waals surface area contributed by atoms with E-state index in [1.807, 2.05) is 32.0 Å². The summed E-state index contributed by atoms with van der Waals surface area (Å²) in [7, 11) is 0. The van der Waals surface area contributed by atoms with E-state index in [1.54, 1.807) is 30.0 Å². The van der Waals surface area contributed by atoms with E-state index in [0.717, 1.165) is 16.8 Å². The highest BCUT2D eigenvalue weighted by Crippen LogP contribution is 2.45. The SMILES string of the molecule is Cc1cc(C)cc(N2C[C@H](C(=O)Oc3ccc(N4C(=O)[C@H]5C[C@@H](Br)[C@@H](Br)C[C@H]5C4=O)c(C)c3)CC2=O)c1. The third-order valence-electron chi connectivity index (χ3n) is 7.52. The first kappa shape index (κ1) is 26.1. The summed E-state index contributed by atoms with van der Waals surface area (Å²) in [6.45, 7) is 6.00. The van der Waals surface area contributed by atoms with E-state index in [1.165, 1.54) is 4.90 Å². The number of anilines is 2. The molecule has 2 aliphatic heterocycles. The number of imide groups is 1. The zero-order valence-corrected chi connectivity index (χ0v) is 24.0. The second-order valence-corrected chi connectivity index (χ2v) is 12.7.